The average Bonchev–Trinajstić information content (AvgIpc) is 3.17. The molecule has 0 bridgehead atoms. The van der Waals surface area contributed by atoms with Gasteiger partial charge in [-0.25, -0.2) is 9.50 Å². The fraction of sp³-hybridized carbons (Fsp3) is 0.417. The van der Waals surface area contributed by atoms with Crippen molar-refractivity contribution in [2.45, 2.75) is 52.6 Å². The van der Waals surface area contributed by atoms with Crippen LogP contribution in [0.15, 0.2) is 41.5 Å². The van der Waals surface area contributed by atoms with E-state index in [0.29, 0.717) is 29.1 Å². The largest absolute Gasteiger partial charge is 0.367 e. The molecule has 32 heavy (non-hydrogen) atoms. The van der Waals surface area contributed by atoms with Crippen molar-refractivity contribution in [2.24, 2.45) is 0 Å². The molecule has 1 aliphatic heterocycles. The van der Waals surface area contributed by atoms with Gasteiger partial charge in [0.05, 0.1) is 34.5 Å². The summed E-state index contributed by atoms with van der Waals surface area (Å²) in [5, 5.41) is 8.24. The first kappa shape index (κ1) is 20.6. The minimum Gasteiger partial charge on any atom is -0.367 e. The van der Waals surface area contributed by atoms with E-state index in [1.807, 2.05) is 42.0 Å². The number of hydrogen-bond acceptors (Lipinski definition) is 6. The van der Waals surface area contributed by atoms with E-state index in [1.54, 1.807) is 10.5 Å². The molecule has 4 aromatic heterocycles. The molecule has 8 heteroatoms. The number of piperazine rings is 1. The summed E-state index contributed by atoms with van der Waals surface area (Å²) in [6.45, 7) is 10.3. The monoisotopic (exact) mass is 431 g/mol. The Labute approximate surface area is 186 Å². The molecule has 1 fully saturated rings. The Morgan fingerprint density at radius 1 is 1.06 bits per heavy atom. The van der Waals surface area contributed by atoms with Gasteiger partial charge in [0, 0.05) is 37.4 Å². The average molecular weight is 432 g/mol. The molecule has 2 atom stereocenters. The maximum Gasteiger partial charge on any atom is 0.258 e. The number of hydrogen-bond donors (Lipinski definition) is 1. The number of aromatic nitrogens is 5. The van der Waals surface area contributed by atoms with Gasteiger partial charge in [0.15, 0.2) is 0 Å². The molecule has 1 N–H and O–H groups in total. The Balaban J connectivity index is 1.55. The summed E-state index contributed by atoms with van der Waals surface area (Å²) in [5.74, 6) is 0. The third-order valence-corrected chi connectivity index (χ3v) is 5.97. The fourth-order valence-electron chi connectivity index (χ4n) is 4.68. The van der Waals surface area contributed by atoms with E-state index < -0.39 is 0 Å². The maximum atomic E-state index is 13.0. The van der Waals surface area contributed by atoms with Crippen LogP contribution in [-0.2, 0) is 6.42 Å². The van der Waals surface area contributed by atoms with Crippen molar-refractivity contribution in [1.29, 1.82) is 0 Å². The van der Waals surface area contributed by atoms with E-state index >= 15 is 0 Å². The molecule has 166 valence electrons. The molecular formula is C24H29N7O. The van der Waals surface area contributed by atoms with Crippen molar-refractivity contribution in [1.82, 2.24) is 29.3 Å². The first-order valence-corrected chi connectivity index (χ1v) is 11.3. The zero-order valence-electron chi connectivity index (χ0n) is 19.0. The molecule has 0 spiro atoms. The highest BCUT2D eigenvalue weighted by atomic mass is 16.1. The van der Waals surface area contributed by atoms with Crippen molar-refractivity contribution < 1.29 is 0 Å². The second kappa shape index (κ2) is 8.02. The summed E-state index contributed by atoms with van der Waals surface area (Å²) >= 11 is 0. The Morgan fingerprint density at radius 3 is 2.59 bits per heavy atom. The quantitative estimate of drug-likeness (QED) is 0.535. The Kier molecular flexibility index (Phi) is 5.17. The lowest BCUT2D eigenvalue weighted by atomic mass is 10.1. The molecular weight excluding hydrogens is 402 g/mol. The Morgan fingerprint density at radius 2 is 1.84 bits per heavy atom. The zero-order valence-corrected chi connectivity index (χ0v) is 19.0. The van der Waals surface area contributed by atoms with Crippen LogP contribution in [0.25, 0.3) is 22.6 Å². The van der Waals surface area contributed by atoms with Crippen molar-refractivity contribution in [3.05, 3.63) is 58.4 Å². The molecule has 1 aliphatic rings. The Hall–Kier alpha value is -3.26. The van der Waals surface area contributed by atoms with Crippen LogP contribution in [-0.4, -0.2) is 49.2 Å². The van der Waals surface area contributed by atoms with Gasteiger partial charge < -0.3 is 10.2 Å². The highest BCUT2D eigenvalue weighted by molar-refractivity contribution is 5.66. The molecule has 5 rings (SSSR count). The molecule has 1 saturated heterocycles. The molecule has 0 aliphatic carbocycles. The highest BCUT2D eigenvalue weighted by Crippen LogP contribution is 2.22. The van der Waals surface area contributed by atoms with E-state index in [4.69, 9.17) is 10.1 Å². The van der Waals surface area contributed by atoms with Crippen LogP contribution >= 0.6 is 0 Å². The molecule has 0 amide bonds. The number of aryl methyl sites for hydroxylation is 2. The molecule has 2 unspecified atom stereocenters. The first-order valence-electron chi connectivity index (χ1n) is 11.3. The SMILES string of the molecule is CCCc1nc(C)cn2nc(-c3cc(=O)n4cc(N5CC(C)NC(C)C5)ccc4n3)cc12. The van der Waals surface area contributed by atoms with E-state index in [0.717, 1.165) is 48.5 Å². The van der Waals surface area contributed by atoms with Crippen LogP contribution < -0.4 is 15.8 Å². The van der Waals surface area contributed by atoms with Gasteiger partial charge in [-0.1, -0.05) is 13.3 Å². The summed E-state index contributed by atoms with van der Waals surface area (Å²) < 4.78 is 3.47. The van der Waals surface area contributed by atoms with Crippen LogP contribution in [0.2, 0.25) is 0 Å². The highest BCUT2D eigenvalue weighted by Gasteiger charge is 2.21. The van der Waals surface area contributed by atoms with E-state index in [-0.39, 0.29) is 5.56 Å². The van der Waals surface area contributed by atoms with Crippen molar-refractivity contribution >= 4 is 16.9 Å². The van der Waals surface area contributed by atoms with Gasteiger partial charge in [0.1, 0.15) is 11.3 Å². The number of fused-ring (bicyclic) bond motifs is 2. The van der Waals surface area contributed by atoms with Gasteiger partial charge in [-0.15, -0.1) is 0 Å². The molecule has 8 nitrogen and oxygen atoms in total. The molecule has 0 radical (unpaired) electrons. The van der Waals surface area contributed by atoms with E-state index in [1.165, 1.54) is 0 Å². The molecule has 4 aromatic rings. The molecule has 0 aromatic carbocycles. The minimum atomic E-state index is -0.108. The van der Waals surface area contributed by atoms with Gasteiger partial charge >= 0.3 is 0 Å². The normalized spacial score (nSPS) is 19.2. The lowest BCUT2D eigenvalue weighted by molar-refractivity contribution is 0.407. The second-order valence-corrected chi connectivity index (χ2v) is 8.91. The van der Waals surface area contributed by atoms with Crippen LogP contribution in [0, 0.1) is 6.92 Å². The standard InChI is InChI=1S/C24H29N7O/c1-5-6-19-22-9-21(28-31(22)13-17(4)26-19)20-10-24(32)30-14-18(7-8-23(30)27-20)29-11-15(2)25-16(3)12-29/h7-10,13-16,25H,5-6,11-12H2,1-4H3. The van der Waals surface area contributed by atoms with Gasteiger partial charge in [-0.3, -0.25) is 14.2 Å². The smallest absolute Gasteiger partial charge is 0.258 e. The summed E-state index contributed by atoms with van der Waals surface area (Å²) in [6.07, 6.45) is 5.70. The number of rotatable bonds is 4. The second-order valence-electron chi connectivity index (χ2n) is 8.91. The minimum absolute atomic E-state index is 0.108. The predicted molar refractivity (Wildman–Crippen MR) is 126 cm³/mol. The summed E-state index contributed by atoms with van der Waals surface area (Å²) in [7, 11) is 0. The summed E-state index contributed by atoms with van der Waals surface area (Å²) in [4.78, 5) is 24.8. The third-order valence-electron chi connectivity index (χ3n) is 5.97. The number of anilines is 1. The van der Waals surface area contributed by atoms with E-state index in [9.17, 15) is 4.79 Å². The number of nitrogens with one attached hydrogen (secondary N) is 1. The van der Waals surface area contributed by atoms with Gasteiger partial charge in [-0.05, 0) is 45.4 Å². The number of pyridine rings is 1. The molecule has 0 saturated carbocycles. The maximum absolute atomic E-state index is 13.0. The van der Waals surface area contributed by atoms with Crippen LogP contribution in [0.3, 0.4) is 0 Å². The zero-order chi connectivity index (χ0) is 22.4. The van der Waals surface area contributed by atoms with E-state index in [2.05, 4.69) is 36.0 Å². The first-order chi connectivity index (χ1) is 15.4. The summed E-state index contributed by atoms with van der Waals surface area (Å²) in [6, 6.07) is 8.32. The van der Waals surface area contributed by atoms with Gasteiger partial charge in [0.2, 0.25) is 0 Å². The van der Waals surface area contributed by atoms with Crippen molar-refractivity contribution in [3.63, 3.8) is 0 Å². The van der Waals surface area contributed by atoms with Crippen molar-refractivity contribution in [2.75, 3.05) is 18.0 Å². The lowest BCUT2D eigenvalue weighted by Gasteiger charge is -2.37. The Bertz CT molecular complexity index is 1350. The van der Waals surface area contributed by atoms with Crippen molar-refractivity contribution in [3.8, 4) is 11.4 Å². The summed E-state index contributed by atoms with van der Waals surface area (Å²) in [5.41, 5.74) is 5.72. The van der Waals surface area contributed by atoms with Crippen LogP contribution in [0.1, 0.15) is 38.6 Å². The van der Waals surface area contributed by atoms with Gasteiger partial charge in [-0.2, -0.15) is 5.10 Å². The lowest BCUT2D eigenvalue weighted by Crippen LogP contribution is -2.54. The predicted octanol–water partition coefficient (Wildman–Crippen LogP) is 2.85. The third kappa shape index (κ3) is 3.75. The fourth-order valence-corrected chi connectivity index (χ4v) is 4.68. The van der Waals surface area contributed by atoms with Crippen LogP contribution in [0.5, 0.6) is 0 Å². The number of nitrogens with zero attached hydrogens (tertiary/aromatic N) is 6. The van der Waals surface area contributed by atoms with Crippen LogP contribution in [0.4, 0.5) is 5.69 Å². The molecule has 5 heterocycles. The topological polar surface area (TPSA) is 79.8 Å². The van der Waals surface area contributed by atoms with Gasteiger partial charge in [0.25, 0.3) is 5.56 Å².